The fourth-order valence-corrected chi connectivity index (χ4v) is 17.4. The molecule has 8 heteroatoms. The number of fused-ring (bicyclic) bond motifs is 11. The van der Waals surface area contributed by atoms with Gasteiger partial charge in [0.1, 0.15) is 11.6 Å². The average molecular weight is 891 g/mol. The molecule has 314 valence electrons. The predicted octanol–water partition coefficient (Wildman–Crippen LogP) is 11.7. The lowest BCUT2D eigenvalue weighted by Gasteiger charge is -2.35. The summed E-state index contributed by atoms with van der Waals surface area (Å²) in [6.45, 7) is 0. The molecule has 0 aliphatic rings. The van der Waals surface area contributed by atoms with E-state index in [0.29, 0.717) is 5.82 Å². The van der Waals surface area contributed by atoms with Crippen LogP contribution in [0, 0.1) is 0 Å². The molecular weight excluding hydrogens is 853 g/mol. The topological polar surface area (TPSA) is 52.9 Å². The molecule has 14 aromatic rings. The van der Waals surface area contributed by atoms with Crippen molar-refractivity contribution in [2.45, 2.75) is 0 Å². The highest BCUT2D eigenvalue weighted by atomic mass is 32.1. The number of rotatable bonds is 7. The van der Waals surface area contributed by atoms with Crippen LogP contribution in [0.4, 0.5) is 0 Å². The molecule has 0 amide bonds. The van der Waals surface area contributed by atoms with Crippen LogP contribution in [-0.4, -0.2) is 36.6 Å². The van der Waals surface area contributed by atoms with Crippen molar-refractivity contribution < 1.29 is 0 Å². The standard InChI is InChI=1S/C59H38N6SSi/c1-3-20-40(21-4-1)67(41-22-5-2-6-23-41,54-36-18-28-46-45-27-9-16-35-53(45)66-57(46)54)42-24-17-19-39(37-42)58-61-55(63-48-30-11-7-25-43(48)44-26-8-12-31-49(44)63)38-56(62-58)65-52-34-15-14-33-51(52)64-50-32-13-10-29-47(50)60-59(64)65/h1-38H. The average Bonchev–Trinajstić information content (AvgIpc) is 4.15. The van der Waals surface area contributed by atoms with Crippen LogP contribution in [0.1, 0.15) is 0 Å². The van der Waals surface area contributed by atoms with E-state index in [1.54, 1.807) is 0 Å². The third kappa shape index (κ3) is 5.57. The Bertz CT molecular complexity index is 4150. The highest BCUT2D eigenvalue weighted by Gasteiger charge is 2.43. The molecule has 5 heterocycles. The van der Waals surface area contributed by atoms with Gasteiger partial charge in [0.15, 0.2) is 13.9 Å². The van der Waals surface area contributed by atoms with E-state index in [9.17, 15) is 0 Å². The SMILES string of the molecule is c1ccc([Si](c2ccccc2)(c2cccc(-c3nc(-n4c5ccccc5c5ccccc54)cc(-n4c5ccccc5n5c6ccccc6nc45)n3)c2)c2cccc3c2sc2ccccc23)cc1. The van der Waals surface area contributed by atoms with Gasteiger partial charge in [-0.15, -0.1) is 11.3 Å². The van der Waals surface area contributed by atoms with Crippen LogP contribution in [0.3, 0.4) is 0 Å². The van der Waals surface area contributed by atoms with Gasteiger partial charge in [-0.1, -0.05) is 182 Å². The summed E-state index contributed by atoms with van der Waals surface area (Å²) in [4.78, 5) is 16.5. The molecule has 0 radical (unpaired) electrons. The van der Waals surface area contributed by atoms with Crippen LogP contribution in [0.5, 0.6) is 0 Å². The van der Waals surface area contributed by atoms with Gasteiger partial charge in [-0.05, 0) is 63.2 Å². The summed E-state index contributed by atoms with van der Waals surface area (Å²) in [7, 11) is -3.06. The molecule has 0 unspecified atom stereocenters. The Morgan fingerprint density at radius 1 is 0.373 bits per heavy atom. The Morgan fingerprint density at radius 2 is 0.910 bits per heavy atom. The number of para-hydroxylation sites is 6. The van der Waals surface area contributed by atoms with Crippen LogP contribution in [-0.2, 0) is 0 Å². The lowest BCUT2D eigenvalue weighted by atomic mass is 10.1. The number of aromatic nitrogens is 6. The number of nitrogens with zero attached hydrogens (tertiary/aromatic N) is 6. The van der Waals surface area contributed by atoms with Crippen LogP contribution >= 0.6 is 11.3 Å². The largest absolute Gasteiger partial charge is 0.294 e. The maximum Gasteiger partial charge on any atom is 0.221 e. The molecule has 67 heavy (non-hydrogen) atoms. The van der Waals surface area contributed by atoms with Crippen molar-refractivity contribution in [1.29, 1.82) is 0 Å². The normalized spacial score (nSPS) is 12.2. The van der Waals surface area contributed by atoms with E-state index in [0.717, 1.165) is 56.1 Å². The second-order valence-electron chi connectivity index (χ2n) is 17.2. The van der Waals surface area contributed by atoms with E-state index in [1.165, 1.54) is 51.7 Å². The maximum atomic E-state index is 5.61. The van der Waals surface area contributed by atoms with E-state index >= 15 is 0 Å². The first kappa shape index (κ1) is 37.9. The van der Waals surface area contributed by atoms with Crippen molar-refractivity contribution in [3.05, 3.63) is 231 Å². The first-order valence-corrected chi connectivity index (χ1v) is 25.4. The second kappa shape index (κ2) is 14.8. The molecule has 0 N–H and O–H groups in total. The first-order chi connectivity index (χ1) is 33.2. The van der Waals surface area contributed by atoms with E-state index < -0.39 is 8.07 Å². The molecule has 5 aromatic heterocycles. The Kier molecular flexibility index (Phi) is 8.37. The zero-order valence-corrected chi connectivity index (χ0v) is 37.8. The van der Waals surface area contributed by atoms with Gasteiger partial charge >= 0.3 is 0 Å². The Balaban J connectivity index is 1.08. The van der Waals surface area contributed by atoms with Gasteiger partial charge in [-0.25, -0.2) is 15.0 Å². The molecule has 0 aliphatic carbocycles. The lowest BCUT2D eigenvalue weighted by Crippen LogP contribution is -2.74. The third-order valence-electron chi connectivity index (χ3n) is 13.6. The van der Waals surface area contributed by atoms with E-state index in [-0.39, 0.29) is 0 Å². The summed E-state index contributed by atoms with van der Waals surface area (Å²) < 4.78 is 9.38. The van der Waals surface area contributed by atoms with Gasteiger partial charge < -0.3 is 0 Å². The minimum Gasteiger partial charge on any atom is -0.294 e. The van der Waals surface area contributed by atoms with Gasteiger partial charge in [0, 0.05) is 42.6 Å². The Hall–Kier alpha value is -8.43. The third-order valence-corrected chi connectivity index (χ3v) is 19.8. The highest BCUT2D eigenvalue weighted by Crippen LogP contribution is 2.36. The summed E-state index contributed by atoms with van der Waals surface area (Å²) in [5.74, 6) is 2.94. The van der Waals surface area contributed by atoms with Gasteiger partial charge in [0.25, 0.3) is 0 Å². The fraction of sp³-hybridized carbons (Fsp3) is 0. The molecule has 9 aromatic carbocycles. The summed E-state index contributed by atoms with van der Waals surface area (Å²) in [5, 5.41) is 10.2. The van der Waals surface area contributed by atoms with E-state index in [4.69, 9.17) is 15.0 Å². The number of imidazole rings is 2. The van der Waals surface area contributed by atoms with Gasteiger partial charge in [-0.3, -0.25) is 13.5 Å². The summed E-state index contributed by atoms with van der Waals surface area (Å²) in [6, 6.07) is 83.5. The van der Waals surface area contributed by atoms with Gasteiger partial charge in [-0.2, -0.15) is 0 Å². The number of hydrogen-bond acceptors (Lipinski definition) is 4. The molecule has 14 rings (SSSR count). The summed E-state index contributed by atoms with van der Waals surface area (Å²) in [6.07, 6.45) is 0. The maximum absolute atomic E-state index is 5.61. The minimum atomic E-state index is -3.06. The molecule has 0 saturated heterocycles. The fourth-order valence-electron chi connectivity index (χ4n) is 10.8. The molecule has 0 bridgehead atoms. The van der Waals surface area contributed by atoms with E-state index in [1.807, 2.05) is 17.4 Å². The molecule has 0 spiro atoms. The number of hydrogen-bond donors (Lipinski definition) is 0. The van der Waals surface area contributed by atoms with Crippen molar-refractivity contribution >= 4 is 110 Å². The van der Waals surface area contributed by atoms with E-state index in [2.05, 4.69) is 238 Å². The van der Waals surface area contributed by atoms with Gasteiger partial charge in [0.2, 0.25) is 5.78 Å². The van der Waals surface area contributed by atoms with Crippen molar-refractivity contribution in [3.8, 4) is 23.0 Å². The Morgan fingerprint density at radius 3 is 1.63 bits per heavy atom. The zero-order chi connectivity index (χ0) is 44.1. The molecular formula is C59H38N6SSi. The van der Waals surface area contributed by atoms with Gasteiger partial charge in [0.05, 0.1) is 33.1 Å². The van der Waals surface area contributed by atoms with Crippen LogP contribution in [0.2, 0.25) is 0 Å². The van der Waals surface area contributed by atoms with Crippen molar-refractivity contribution in [2.75, 3.05) is 0 Å². The number of thiophene rings is 1. The predicted molar refractivity (Wildman–Crippen MR) is 281 cm³/mol. The Labute approximate surface area is 390 Å². The second-order valence-corrected chi connectivity index (χ2v) is 22.0. The number of benzene rings is 9. The van der Waals surface area contributed by atoms with Crippen molar-refractivity contribution in [3.63, 3.8) is 0 Å². The quantitative estimate of drug-likeness (QED) is 0.118. The van der Waals surface area contributed by atoms with Crippen molar-refractivity contribution in [2.24, 2.45) is 0 Å². The monoisotopic (exact) mass is 890 g/mol. The van der Waals surface area contributed by atoms with Crippen LogP contribution in [0.15, 0.2) is 231 Å². The highest BCUT2D eigenvalue weighted by molar-refractivity contribution is 7.30. The molecule has 0 atom stereocenters. The molecule has 0 fully saturated rings. The molecule has 6 nitrogen and oxygen atoms in total. The summed E-state index contributed by atoms with van der Waals surface area (Å²) in [5.41, 5.74) is 7.15. The lowest BCUT2D eigenvalue weighted by molar-refractivity contribution is 0.980. The van der Waals surface area contributed by atoms with Crippen molar-refractivity contribution in [1.82, 2.24) is 28.5 Å². The summed E-state index contributed by atoms with van der Waals surface area (Å²) >= 11 is 1.90. The minimum absolute atomic E-state index is 0.632. The first-order valence-electron chi connectivity index (χ1n) is 22.6. The zero-order valence-electron chi connectivity index (χ0n) is 36.0. The van der Waals surface area contributed by atoms with Crippen LogP contribution in [0.25, 0.3) is 92.8 Å². The molecule has 0 aliphatic heterocycles. The smallest absolute Gasteiger partial charge is 0.221 e. The van der Waals surface area contributed by atoms with Crippen LogP contribution < -0.4 is 20.7 Å². The molecule has 0 saturated carbocycles.